The van der Waals surface area contributed by atoms with Gasteiger partial charge in [0.2, 0.25) is 0 Å². The van der Waals surface area contributed by atoms with Gasteiger partial charge in [-0.25, -0.2) is 5.01 Å². The molecule has 2 aliphatic heterocycles. The van der Waals surface area contributed by atoms with Crippen LogP contribution in [-0.4, -0.2) is 22.1 Å². The Labute approximate surface area is 110 Å². The molecule has 3 rings (SSSR count). The second kappa shape index (κ2) is 4.49. The van der Waals surface area contributed by atoms with E-state index in [1.807, 2.05) is 42.7 Å². The highest BCUT2D eigenvalue weighted by atomic mass is 32.2. The number of rotatable bonds is 2. The van der Waals surface area contributed by atoms with Crippen LogP contribution in [0.3, 0.4) is 0 Å². The van der Waals surface area contributed by atoms with Gasteiger partial charge < -0.3 is 5.32 Å². The third-order valence-electron chi connectivity index (χ3n) is 2.84. The zero-order valence-electron chi connectivity index (χ0n) is 9.96. The van der Waals surface area contributed by atoms with Crippen molar-refractivity contribution in [2.75, 3.05) is 0 Å². The molecule has 1 atom stereocenters. The molecule has 1 aromatic rings. The summed E-state index contributed by atoms with van der Waals surface area (Å²) in [6.45, 7) is 1.88. The highest BCUT2D eigenvalue weighted by Gasteiger charge is 2.31. The molecular weight excluding hydrogens is 246 g/mol. The first-order chi connectivity index (χ1) is 8.74. The average molecular weight is 259 g/mol. The number of benzene rings is 1. The van der Waals surface area contributed by atoms with E-state index >= 15 is 0 Å². The normalized spacial score (nSPS) is 22.8. The minimum atomic E-state index is -0.120. The van der Waals surface area contributed by atoms with Gasteiger partial charge in [0, 0.05) is 5.71 Å². The largest absolute Gasteiger partial charge is 0.354 e. The molecule has 18 heavy (non-hydrogen) atoms. The second-order valence-corrected chi connectivity index (χ2v) is 5.24. The molecule has 0 saturated carbocycles. The van der Waals surface area contributed by atoms with Crippen LogP contribution in [0.4, 0.5) is 0 Å². The molecule has 0 spiro atoms. The topological polar surface area (TPSA) is 44.7 Å². The lowest BCUT2D eigenvalue weighted by atomic mass is 10.2. The number of thioether (sulfide) groups is 1. The number of amides is 1. The molecule has 0 radical (unpaired) electrons. The van der Waals surface area contributed by atoms with Crippen molar-refractivity contribution >= 4 is 29.1 Å². The molecule has 1 N–H and O–H groups in total. The van der Waals surface area contributed by atoms with E-state index in [-0.39, 0.29) is 11.4 Å². The van der Waals surface area contributed by atoms with E-state index in [0.29, 0.717) is 6.42 Å². The summed E-state index contributed by atoms with van der Waals surface area (Å²) in [6.07, 6.45) is 0.430. The fraction of sp³-hybridized carbons (Fsp3) is 0.231. The Balaban J connectivity index is 1.73. The van der Waals surface area contributed by atoms with Gasteiger partial charge in [-0.05, 0) is 17.9 Å². The Morgan fingerprint density at radius 1 is 1.39 bits per heavy atom. The number of hydrogen-bond acceptors (Lipinski definition) is 4. The molecule has 1 unspecified atom stereocenters. The SMILES string of the molecule is CC1=NN(C2NC(c3ccccc3)=CS2)C(=O)C1. The third kappa shape index (κ3) is 2.01. The van der Waals surface area contributed by atoms with Gasteiger partial charge in [0.15, 0.2) is 5.50 Å². The number of carbonyl (C=O) groups is 1. The van der Waals surface area contributed by atoms with E-state index in [1.54, 1.807) is 11.8 Å². The molecule has 0 bridgehead atoms. The van der Waals surface area contributed by atoms with E-state index in [2.05, 4.69) is 10.4 Å². The summed E-state index contributed by atoms with van der Waals surface area (Å²) in [5.74, 6) is 0.0558. The minimum Gasteiger partial charge on any atom is -0.354 e. The predicted octanol–water partition coefficient (Wildman–Crippen LogP) is 2.21. The molecule has 0 fully saturated rings. The molecule has 92 valence electrons. The number of carbonyl (C=O) groups excluding carboxylic acids is 1. The van der Waals surface area contributed by atoms with E-state index in [9.17, 15) is 4.79 Å². The van der Waals surface area contributed by atoms with E-state index in [0.717, 1.165) is 17.0 Å². The lowest BCUT2D eigenvalue weighted by molar-refractivity contribution is -0.129. The van der Waals surface area contributed by atoms with Crippen LogP contribution in [0, 0.1) is 0 Å². The standard InChI is InChI=1S/C13H13N3OS/c1-9-7-12(17)16(15-9)13-14-11(8-18-13)10-5-3-2-4-6-10/h2-6,8,13-14H,7H2,1H3. The highest BCUT2D eigenvalue weighted by Crippen LogP contribution is 2.31. The molecule has 1 amide bonds. The summed E-state index contributed by atoms with van der Waals surface area (Å²) in [7, 11) is 0. The summed E-state index contributed by atoms with van der Waals surface area (Å²) in [5, 5.41) is 11.2. The number of nitrogens with zero attached hydrogens (tertiary/aromatic N) is 2. The Morgan fingerprint density at radius 3 is 2.83 bits per heavy atom. The quantitative estimate of drug-likeness (QED) is 0.885. The predicted molar refractivity (Wildman–Crippen MR) is 73.5 cm³/mol. The van der Waals surface area contributed by atoms with E-state index < -0.39 is 0 Å². The maximum absolute atomic E-state index is 11.7. The number of hydrogen-bond donors (Lipinski definition) is 1. The maximum atomic E-state index is 11.7. The van der Waals surface area contributed by atoms with Crippen molar-refractivity contribution in [2.24, 2.45) is 5.10 Å². The van der Waals surface area contributed by atoms with Crippen LogP contribution in [0.15, 0.2) is 40.8 Å². The molecule has 0 aliphatic carbocycles. The Bertz CT molecular complexity index is 538. The molecule has 2 heterocycles. The van der Waals surface area contributed by atoms with Gasteiger partial charge in [-0.2, -0.15) is 5.10 Å². The van der Waals surface area contributed by atoms with Gasteiger partial charge in [0.05, 0.1) is 12.1 Å². The zero-order valence-corrected chi connectivity index (χ0v) is 10.8. The van der Waals surface area contributed by atoms with Gasteiger partial charge in [-0.15, -0.1) is 0 Å². The summed E-state index contributed by atoms with van der Waals surface area (Å²) in [5.41, 5.74) is 2.92. The molecule has 0 aromatic heterocycles. The first-order valence-electron chi connectivity index (χ1n) is 5.78. The van der Waals surface area contributed by atoms with Gasteiger partial charge in [-0.3, -0.25) is 4.79 Å². The fourth-order valence-electron chi connectivity index (χ4n) is 1.98. The van der Waals surface area contributed by atoms with Crippen LogP contribution in [0.2, 0.25) is 0 Å². The lowest BCUT2D eigenvalue weighted by Gasteiger charge is -2.20. The Morgan fingerprint density at radius 2 is 2.17 bits per heavy atom. The molecule has 5 heteroatoms. The second-order valence-electron chi connectivity index (χ2n) is 4.28. The summed E-state index contributed by atoms with van der Waals surface area (Å²) >= 11 is 1.57. The zero-order chi connectivity index (χ0) is 12.5. The fourth-order valence-corrected chi connectivity index (χ4v) is 2.92. The Kier molecular flexibility index (Phi) is 2.83. The van der Waals surface area contributed by atoms with Crippen LogP contribution >= 0.6 is 11.8 Å². The van der Waals surface area contributed by atoms with Crippen LogP contribution in [0.1, 0.15) is 18.9 Å². The van der Waals surface area contributed by atoms with Gasteiger partial charge in [0.1, 0.15) is 0 Å². The third-order valence-corrected chi connectivity index (χ3v) is 3.79. The maximum Gasteiger partial charge on any atom is 0.251 e. The lowest BCUT2D eigenvalue weighted by Crippen LogP contribution is -2.38. The molecule has 0 saturated heterocycles. The molecule has 1 aromatic carbocycles. The van der Waals surface area contributed by atoms with E-state index in [1.165, 1.54) is 5.01 Å². The minimum absolute atomic E-state index is 0.0558. The first kappa shape index (κ1) is 11.3. The molecule has 2 aliphatic rings. The summed E-state index contributed by atoms with van der Waals surface area (Å²) in [6, 6.07) is 10.1. The smallest absolute Gasteiger partial charge is 0.251 e. The Hall–Kier alpha value is -1.75. The van der Waals surface area contributed by atoms with Crippen molar-refractivity contribution in [3.05, 3.63) is 41.3 Å². The van der Waals surface area contributed by atoms with Crippen molar-refractivity contribution in [3.63, 3.8) is 0 Å². The number of hydrazone groups is 1. The van der Waals surface area contributed by atoms with Crippen LogP contribution < -0.4 is 5.32 Å². The van der Waals surface area contributed by atoms with Crippen LogP contribution in [0.25, 0.3) is 5.70 Å². The first-order valence-corrected chi connectivity index (χ1v) is 6.72. The van der Waals surface area contributed by atoms with Gasteiger partial charge in [-0.1, -0.05) is 42.1 Å². The van der Waals surface area contributed by atoms with Crippen molar-refractivity contribution in [1.82, 2.24) is 10.3 Å². The molecular formula is C13H13N3OS. The van der Waals surface area contributed by atoms with Crippen LogP contribution in [-0.2, 0) is 4.79 Å². The van der Waals surface area contributed by atoms with Crippen molar-refractivity contribution < 1.29 is 4.79 Å². The monoisotopic (exact) mass is 259 g/mol. The summed E-state index contributed by atoms with van der Waals surface area (Å²) in [4.78, 5) is 11.7. The van der Waals surface area contributed by atoms with Crippen molar-refractivity contribution in [3.8, 4) is 0 Å². The van der Waals surface area contributed by atoms with Crippen LogP contribution in [0.5, 0.6) is 0 Å². The van der Waals surface area contributed by atoms with Gasteiger partial charge >= 0.3 is 0 Å². The van der Waals surface area contributed by atoms with E-state index in [4.69, 9.17) is 0 Å². The average Bonchev–Trinajstić information content (AvgIpc) is 2.97. The van der Waals surface area contributed by atoms with Crippen molar-refractivity contribution in [1.29, 1.82) is 0 Å². The van der Waals surface area contributed by atoms with Gasteiger partial charge in [0.25, 0.3) is 5.91 Å². The summed E-state index contributed by atoms with van der Waals surface area (Å²) < 4.78 is 0. The molecule has 4 nitrogen and oxygen atoms in total. The number of nitrogens with one attached hydrogen (secondary N) is 1. The highest BCUT2D eigenvalue weighted by molar-refractivity contribution is 8.03. The van der Waals surface area contributed by atoms with Crippen molar-refractivity contribution in [2.45, 2.75) is 18.8 Å².